The molecule has 0 saturated carbocycles. The lowest BCUT2D eigenvalue weighted by Crippen LogP contribution is -2.23. The van der Waals surface area contributed by atoms with Gasteiger partial charge in [0.15, 0.2) is 0 Å². The van der Waals surface area contributed by atoms with E-state index in [-0.39, 0.29) is 0 Å². The number of allylic oxidation sites excluding steroid dienone is 6. The molecule has 0 spiro atoms. The van der Waals surface area contributed by atoms with Crippen LogP contribution in [0.2, 0.25) is 0 Å². The van der Waals surface area contributed by atoms with E-state index in [1.165, 1.54) is 18.4 Å². The third-order valence-electron chi connectivity index (χ3n) is 3.74. The quantitative estimate of drug-likeness (QED) is 0.550. The molecule has 0 aromatic rings. The van der Waals surface area contributed by atoms with Gasteiger partial charge < -0.3 is 0 Å². The Kier molecular flexibility index (Phi) is 4.80. The van der Waals surface area contributed by atoms with E-state index >= 15 is 0 Å². The van der Waals surface area contributed by atoms with E-state index in [0.29, 0.717) is 5.41 Å². The van der Waals surface area contributed by atoms with Crippen LogP contribution in [0.15, 0.2) is 34.9 Å². The van der Waals surface area contributed by atoms with Crippen LogP contribution in [0.25, 0.3) is 0 Å². The third kappa shape index (κ3) is 3.87. The van der Waals surface area contributed by atoms with Crippen LogP contribution in [-0.4, -0.2) is 0 Å². The lowest BCUT2D eigenvalue weighted by molar-refractivity contribution is 0.307. The highest BCUT2D eigenvalue weighted by Gasteiger charge is 2.30. The summed E-state index contributed by atoms with van der Waals surface area (Å²) in [4.78, 5) is 0. The molecule has 17 heavy (non-hydrogen) atoms. The van der Waals surface area contributed by atoms with Gasteiger partial charge in [0, 0.05) is 0 Å². The Bertz CT molecular complexity index is 350. The van der Waals surface area contributed by atoms with Crippen LogP contribution in [0, 0.1) is 11.3 Å². The maximum atomic E-state index is 2.38. The molecule has 0 saturated heterocycles. The Hall–Kier alpha value is -0.780. The van der Waals surface area contributed by atoms with Crippen LogP contribution in [0.5, 0.6) is 0 Å². The van der Waals surface area contributed by atoms with Gasteiger partial charge in [-0.05, 0) is 50.0 Å². The second-order valence-corrected chi connectivity index (χ2v) is 6.28. The van der Waals surface area contributed by atoms with E-state index in [0.717, 1.165) is 12.3 Å². The third-order valence-corrected chi connectivity index (χ3v) is 3.74. The molecule has 0 bridgehead atoms. The van der Waals surface area contributed by atoms with Gasteiger partial charge in [0.2, 0.25) is 0 Å². The molecule has 0 heterocycles. The first kappa shape index (κ1) is 14.3. The Morgan fingerprint density at radius 3 is 2.59 bits per heavy atom. The van der Waals surface area contributed by atoms with Crippen LogP contribution < -0.4 is 0 Å². The fourth-order valence-corrected chi connectivity index (χ4v) is 3.24. The molecule has 0 N–H and O–H groups in total. The lowest BCUT2D eigenvalue weighted by Gasteiger charge is -2.36. The molecule has 1 aliphatic rings. The number of hydrogen-bond donors (Lipinski definition) is 0. The van der Waals surface area contributed by atoms with E-state index in [4.69, 9.17) is 0 Å². The van der Waals surface area contributed by atoms with Crippen molar-refractivity contribution in [3.63, 3.8) is 0 Å². The topological polar surface area (TPSA) is 0 Å². The smallest absolute Gasteiger partial charge is 0.0101 e. The summed E-state index contributed by atoms with van der Waals surface area (Å²) in [5.74, 6) is 0.828. The minimum atomic E-state index is 0.338. The fourth-order valence-electron chi connectivity index (χ4n) is 3.24. The average Bonchev–Trinajstić information content (AvgIpc) is 2.14. The molecule has 0 aliphatic heterocycles. The second-order valence-electron chi connectivity index (χ2n) is 6.28. The molecule has 1 atom stereocenters. The summed E-state index contributed by atoms with van der Waals surface area (Å²) in [7, 11) is 0. The molecule has 0 nitrogen and oxygen atoms in total. The normalized spacial score (nSPS) is 25.8. The zero-order valence-corrected chi connectivity index (χ0v) is 12.4. The second kappa shape index (κ2) is 5.71. The van der Waals surface area contributed by atoms with Gasteiger partial charge in [-0.1, -0.05) is 57.1 Å². The number of rotatable bonds is 3. The molecule has 0 amide bonds. The molecule has 1 rings (SSSR count). The van der Waals surface area contributed by atoms with Gasteiger partial charge in [-0.2, -0.15) is 0 Å². The molecular weight excluding hydrogens is 204 g/mol. The van der Waals surface area contributed by atoms with E-state index in [1.54, 1.807) is 11.1 Å². The Balaban J connectivity index is 2.95. The highest BCUT2D eigenvalue weighted by molar-refractivity contribution is 5.36. The molecule has 0 aromatic carbocycles. The van der Waals surface area contributed by atoms with Crippen LogP contribution in [-0.2, 0) is 0 Å². The van der Waals surface area contributed by atoms with Crippen LogP contribution in [0.3, 0.4) is 0 Å². The SMILES string of the molecule is CC/C=C(C)/C=C/C1=C(C)CC(C)CC1(C)C. The summed E-state index contributed by atoms with van der Waals surface area (Å²) in [5.41, 5.74) is 4.85. The van der Waals surface area contributed by atoms with E-state index in [2.05, 4.69) is 59.8 Å². The maximum absolute atomic E-state index is 2.38. The Morgan fingerprint density at radius 1 is 1.41 bits per heavy atom. The van der Waals surface area contributed by atoms with Gasteiger partial charge >= 0.3 is 0 Å². The Labute approximate surface area is 108 Å². The maximum Gasteiger partial charge on any atom is -0.0101 e. The minimum Gasteiger partial charge on any atom is -0.0819 e. The van der Waals surface area contributed by atoms with Crippen molar-refractivity contribution in [1.82, 2.24) is 0 Å². The monoisotopic (exact) mass is 232 g/mol. The van der Waals surface area contributed by atoms with Gasteiger partial charge in [-0.3, -0.25) is 0 Å². The summed E-state index contributed by atoms with van der Waals surface area (Å²) >= 11 is 0. The van der Waals surface area contributed by atoms with Crippen molar-refractivity contribution < 1.29 is 0 Å². The largest absolute Gasteiger partial charge is 0.0819 e. The van der Waals surface area contributed by atoms with Gasteiger partial charge in [0.05, 0.1) is 0 Å². The lowest BCUT2D eigenvalue weighted by atomic mass is 9.69. The summed E-state index contributed by atoms with van der Waals surface area (Å²) < 4.78 is 0. The van der Waals surface area contributed by atoms with Crippen molar-refractivity contribution in [2.45, 2.75) is 60.8 Å². The summed E-state index contributed by atoms with van der Waals surface area (Å²) in [6, 6.07) is 0. The summed E-state index contributed by atoms with van der Waals surface area (Å²) in [5, 5.41) is 0. The molecule has 1 aliphatic carbocycles. The Morgan fingerprint density at radius 2 is 2.06 bits per heavy atom. The molecular formula is C17H28. The molecule has 0 heteroatoms. The zero-order valence-electron chi connectivity index (χ0n) is 12.4. The highest BCUT2D eigenvalue weighted by atomic mass is 14.3. The predicted molar refractivity (Wildman–Crippen MR) is 78.1 cm³/mol. The first-order valence-corrected chi connectivity index (χ1v) is 6.92. The average molecular weight is 232 g/mol. The minimum absolute atomic E-state index is 0.338. The summed E-state index contributed by atoms with van der Waals surface area (Å²) in [6.07, 6.45) is 10.6. The van der Waals surface area contributed by atoms with E-state index in [1.807, 2.05) is 0 Å². The molecule has 0 fully saturated rings. The van der Waals surface area contributed by atoms with Crippen molar-refractivity contribution >= 4 is 0 Å². The van der Waals surface area contributed by atoms with Crippen LogP contribution in [0.1, 0.15) is 60.8 Å². The molecule has 0 radical (unpaired) electrons. The van der Waals surface area contributed by atoms with Gasteiger partial charge in [0.25, 0.3) is 0 Å². The van der Waals surface area contributed by atoms with Crippen molar-refractivity contribution in [1.29, 1.82) is 0 Å². The van der Waals surface area contributed by atoms with Crippen molar-refractivity contribution in [3.05, 3.63) is 34.9 Å². The predicted octanol–water partition coefficient (Wildman–Crippen LogP) is 5.67. The standard InChI is InChI=1S/C17H28/c1-7-8-13(2)9-10-16-15(4)11-14(3)12-17(16,5)6/h8-10,14H,7,11-12H2,1-6H3/b10-9+,13-8+. The zero-order chi connectivity index (χ0) is 13.1. The van der Waals surface area contributed by atoms with Gasteiger partial charge in [-0.25, -0.2) is 0 Å². The first-order chi connectivity index (χ1) is 7.86. The first-order valence-electron chi connectivity index (χ1n) is 6.92. The van der Waals surface area contributed by atoms with Crippen LogP contribution in [0.4, 0.5) is 0 Å². The van der Waals surface area contributed by atoms with Gasteiger partial charge in [0.1, 0.15) is 0 Å². The molecule has 0 aromatic heterocycles. The fraction of sp³-hybridized carbons (Fsp3) is 0.647. The highest BCUT2D eigenvalue weighted by Crippen LogP contribution is 2.43. The number of hydrogen-bond acceptors (Lipinski definition) is 0. The van der Waals surface area contributed by atoms with E-state index < -0.39 is 0 Å². The molecule has 96 valence electrons. The van der Waals surface area contributed by atoms with Gasteiger partial charge in [-0.15, -0.1) is 0 Å². The van der Waals surface area contributed by atoms with Crippen molar-refractivity contribution in [2.75, 3.05) is 0 Å². The van der Waals surface area contributed by atoms with Crippen molar-refractivity contribution in [3.8, 4) is 0 Å². The summed E-state index contributed by atoms with van der Waals surface area (Å²) in [6.45, 7) is 13.8. The van der Waals surface area contributed by atoms with Crippen molar-refractivity contribution in [2.24, 2.45) is 11.3 Å². The molecule has 1 unspecified atom stereocenters. The van der Waals surface area contributed by atoms with E-state index in [9.17, 15) is 0 Å². The van der Waals surface area contributed by atoms with Crippen LogP contribution >= 0.6 is 0 Å².